The molecule has 7 heteroatoms. The van der Waals surface area contributed by atoms with Crippen LogP contribution in [-0.4, -0.2) is 15.2 Å². The van der Waals surface area contributed by atoms with Gasteiger partial charge in [0.15, 0.2) is 0 Å². The molecule has 0 aliphatic rings. The molecule has 1 aromatic carbocycles. The molecule has 1 aromatic heterocycles. The smallest absolute Gasteiger partial charge is 0.388 e. The first-order valence-electron chi connectivity index (χ1n) is 6.22. The zero-order chi connectivity index (χ0) is 15.5. The molecule has 0 bridgehead atoms. The van der Waals surface area contributed by atoms with E-state index in [0.717, 1.165) is 0 Å². The lowest BCUT2D eigenvalue weighted by Crippen LogP contribution is -2.04. The minimum absolute atomic E-state index is 0.142. The second-order valence-electron chi connectivity index (χ2n) is 4.36. The molecule has 0 aliphatic heterocycles. The number of benzene rings is 1. The van der Waals surface area contributed by atoms with Crippen molar-refractivity contribution < 1.29 is 22.8 Å². The van der Waals surface area contributed by atoms with Crippen LogP contribution in [0, 0.1) is 0 Å². The number of nitrogens with zero attached hydrogens (tertiary/aromatic N) is 2. The van der Waals surface area contributed by atoms with Gasteiger partial charge >= 0.3 is 12.1 Å². The second kappa shape index (κ2) is 6.09. The molecule has 0 radical (unpaired) electrons. The van der Waals surface area contributed by atoms with Crippen molar-refractivity contribution in [3.63, 3.8) is 0 Å². The highest BCUT2D eigenvalue weighted by molar-refractivity contribution is 5.54. The van der Waals surface area contributed by atoms with Crippen molar-refractivity contribution in [3.05, 3.63) is 47.9 Å². The molecule has 1 heterocycles. The average Bonchev–Trinajstić information content (AvgIpc) is 2.95. The fourth-order valence-corrected chi connectivity index (χ4v) is 1.71. The van der Waals surface area contributed by atoms with E-state index in [1.807, 2.05) is 19.1 Å². The van der Waals surface area contributed by atoms with E-state index in [4.69, 9.17) is 0 Å². The maximum absolute atomic E-state index is 12.4. The third-order valence-electron chi connectivity index (χ3n) is 2.82. The van der Waals surface area contributed by atoms with Gasteiger partial charge in [0.05, 0.1) is 6.10 Å². The molecule has 0 saturated carbocycles. The number of hydrogen-bond acceptors (Lipinski definition) is 4. The van der Waals surface area contributed by atoms with E-state index in [2.05, 4.69) is 14.7 Å². The lowest BCUT2D eigenvalue weighted by atomic mass is 10.0. The highest BCUT2D eigenvalue weighted by atomic mass is 19.4. The van der Waals surface area contributed by atoms with E-state index >= 15 is 0 Å². The lowest BCUT2D eigenvalue weighted by Gasteiger charge is -2.08. The summed E-state index contributed by atoms with van der Waals surface area (Å²) >= 11 is 0. The first-order valence-corrected chi connectivity index (χ1v) is 6.22. The Bertz CT molecular complexity index is 618. The maximum atomic E-state index is 12.4. The number of halogens is 3. The molecule has 0 aliphatic carbocycles. The SMILES string of the molecule is C/C=C/CC(O)c1ccc(-c2noc(C(F)(F)F)n2)cc1. The van der Waals surface area contributed by atoms with Crippen LogP contribution in [0.15, 0.2) is 40.9 Å². The lowest BCUT2D eigenvalue weighted by molar-refractivity contribution is -0.159. The molecule has 4 nitrogen and oxygen atoms in total. The van der Waals surface area contributed by atoms with Gasteiger partial charge in [0, 0.05) is 5.56 Å². The first-order chi connectivity index (χ1) is 9.91. The summed E-state index contributed by atoms with van der Waals surface area (Å²) in [7, 11) is 0. The Morgan fingerprint density at radius 3 is 2.48 bits per heavy atom. The van der Waals surface area contributed by atoms with Crippen LogP contribution in [-0.2, 0) is 6.18 Å². The quantitative estimate of drug-likeness (QED) is 0.873. The van der Waals surface area contributed by atoms with Crippen LogP contribution in [0.1, 0.15) is 30.9 Å². The van der Waals surface area contributed by atoms with Crippen molar-refractivity contribution >= 4 is 0 Å². The Balaban J connectivity index is 2.17. The molecule has 1 atom stereocenters. The van der Waals surface area contributed by atoms with Crippen LogP contribution in [0.25, 0.3) is 11.4 Å². The molecular formula is C14H13F3N2O2. The summed E-state index contributed by atoms with van der Waals surface area (Å²) in [5.41, 5.74) is 1.05. The van der Waals surface area contributed by atoms with E-state index in [9.17, 15) is 18.3 Å². The predicted octanol–water partition coefficient (Wildman–Crippen LogP) is 3.76. The van der Waals surface area contributed by atoms with E-state index in [1.54, 1.807) is 24.3 Å². The van der Waals surface area contributed by atoms with Crippen molar-refractivity contribution in [2.24, 2.45) is 0 Å². The maximum Gasteiger partial charge on any atom is 0.471 e. The van der Waals surface area contributed by atoms with E-state index in [-0.39, 0.29) is 5.82 Å². The number of alkyl halides is 3. The Labute approximate surface area is 118 Å². The van der Waals surface area contributed by atoms with Crippen LogP contribution in [0.3, 0.4) is 0 Å². The monoisotopic (exact) mass is 298 g/mol. The number of rotatable bonds is 4. The van der Waals surface area contributed by atoms with Crippen molar-refractivity contribution in [2.75, 3.05) is 0 Å². The predicted molar refractivity (Wildman–Crippen MR) is 69.1 cm³/mol. The summed E-state index contributed by atoms with van der Waals surface area (Å²) in [6.07, 6.45) is -1.20. The molecule has 1 unspecified atom stereocenters. The van der Waals surface area contributed by atoms with Crippen molar-refractivity contribution in [1.82, 2.24) is 10.1 Å². The summed E-state index contributed by atoms with van der Waals surface area (Å²) in [5.74, 6) is -1.52. The Morgan fingerprint density at radius 2 is 1.95 bits per heavy atom. The third kappa shape index (κ3) is 3.69. The minimum atomic E-state index is -4.66. The molecule has 0 fully saturated rings. The zero-order valence-corrected chi connectivity index (χ0v) is 11.1. The number of aliphatic hydroxyl groups is 1. The Morgan fingerprint density at radius 1 is 1.29 bits per heavy atom. The first kappa shape index (κ1) is 15.2. The summed E-state index contributed by atoms with van der Waals surface area (Å²) in [5, 5.41) is 13.2. The summed E-state index contributed by atoms with van der Waals surface area (Å²) < 4.78 is 41.3. The van der Waals surface area contributed by atoms with Crippen LogP contribution >= 0.6 is 0 Å². The van der Waals surface area contributed by atoms with Crippen LogP contribution in [0.2, 0.25) is 0 Å². The van der Waals surface area contributed by atoms with Gasteiger partial charge in [-0.25, -0.2) is 0 Å². The van der Waals surface area contributed by atoms with Crippen LogP contribution in [0.5, 0.6) is 0 Å². The standard InChI is InChI=1S/C14H13F3N2O2/c1-2-3-4-11(20)9-5-7-10(8-6-9)12-18-13(21-19-12)14(15,16)17/h2-3,5-8,11,20H,4H2,1H3/b3-2+. The molecule has 2 aromatic rings. The van der Waals surface area contributed by atoms with Crippen molar-refractivity contribution in [3.8, 4) is 11.4 Å². The fraction of sp³-hybridized carbons (Fsp3) is 0.286. The zero-order valence-electron chi connectivity index (χ0n) is 11.1. The highest BCUT2D eigenvalue weighted by Gasteiger charge is 2.38. The molecule has 21 heavy (non-hydrogen) atoms. The molecule has 0 amide bonds. The molecule has 0 spiro atoms. The Kier molecular flexibility index (Phi) is 4.42. The largest absolute Gasteiger partial charge is 0.471 e. The number of aliphatic hydroxyl groups excluding tert-OH is 1. The summed E-state index contributed by atoms with van der Waals surface area (Å²) in [6, 6.07) is 6.32. The fourth-order valence-electron chi connectivity index (χ4n) is 1.71. The summed E-state index contributed by atoms with van der Waals surface area (Å²) in [4.78, 5) is 3.30. The van der Waals surface area contributed by atoms with Gasteiger partial charge in [0.2, 0.25) is 5.82 Å². The topological polar surface area (TPSA) is 59.2 Å². The van der Waals surface area contributed by atoms with E-state index in [1.165, 1.54) is 0 Å². The van der Waals surface area contributed by atoms with Crippen LogP contribution in [0.4, 0.5) is 13.2 Å². The van der Waals surface area contributed by atoms with Gasteiger partial charge in [-0.2, -0.15) is 18.2 Å². The molecule has 1 N–H and O–H groups in total. The number of hydrogen-bond donors (Lipinski definition) is 1. The Hall–Kier alpha value is -2.15. The summed E-state index contributed by atoms with van der Waals surface area (Å²) in [6.45, 7) is 1.85. The third-order valence-corrected chi connectivity index (χ3v) is 2.82. The van der Waals surface area contributed by atoms with Gasteiger partial charge in [-0.3, -0.25) is 0 Å². The van der Waals surface area contributed by atoms with E-state index in [0.29, 0.717) is 17.5 Å². The molecular weight excluding hydrogens is 285 g/mol. The highest BCUT2D eigenvalue weighted by Crippen LogP contribution is 2.29. The normalized spacial score (nSPS) is 13.8. The second-order valence-corrected chi connectivity index (χ2v) is 4.36. The van der Waals surface area contributed by atoms with E-state index < -0.39 is 18.2 Å². The minimum Gasteiger partial charge on any atom is -0.388 e. The van der Waals surface area contributed by atoms with Gasteiger partial charge in [0.25, 0.3) is 0 Å². The van der Waals surface area contributed by atoms with Gasteiger partial charge in [-0.1, -0.05) is 41.6 Å². The van der Waals surface area contributed by atoms with Gasteiger partial charge in [-0.05, 0) is 18.9 Å². The van der Waals surface area contributed by atoms with Crippen molar-refractivity contribution in [2.45, 2.75) is 25.6 Å². The van der Waals surface area contributed by atoms with Crippen molar-refractivity contribution in [1.29, 1.82) is 0 Å². The number of allylic oxidation sites excluding steroid dienone is 1. The molecule has 112 valence electrons. The van der Waals surface area contributed by atoms with Gasteiger partial charge in [0.1, 0.15) is 0 Å². The number of aromatic nitrogens is 2. The molecule has 0 saturated heterocycles. The average molecular weight is 298 g/mol. The molecule has 2 rings (SSSR count). The van der Waals surface area contributed by atoms with Crippen LogP contribution < -0.4 is 0 Å². The van der Waals surface area contributed by atoms with Gasteiger partial charge in [-0.15, -0.1) is 0 Å². The van der Waals surface area contributed by atoms with Gasteiger partial charge < -0.3 is 9.63 Å².